The molecule has 1 heterocycles. The van der Waals surface area contributed by atoms with E-state index in [1.807, 2.05) is 50.2 Å². The van der Waals surface area contributed by atoms with E-state index < -0.39 is 0 Å². The van der Waals surface area contributed by atoms with E-state index in [1.165, 1.54) is 11.1 Å². The number of aromatic nitrogens is 2. The van der Waals surface area contributed by atoms with Crippen LogP contribution in [0.2, 0.25) is 0 Å². The standard InChI is InChI=1S/C19H18N4/c1-14-12-15(2)22-19(21-14)23-20-13-16-8-10-18(11-9-16)17-6-4-3-5-7-17/h3-13H,1-2H3,(H,21,22,23)/b20-13-. The zero-order chi connectivity index (χ0) is 16.1. The number of hydrazone groups is 1. The molecule has 1 aromatic heterocycles. The number of rotatable bonds is 4. The van der Waals surface area contributed by atoms with Crippen molar-refractivity contribution in [2.45, 2.75) is 13.8 Å². The molecule has 0 saturated carbocycles. The van der Waals surface area contributed by atoms with Crippen molar-refractivity contribution in [1.29, 1.82) is 0 Å². The molecule has 0 bridgehead atoms. The third-order valence-corrected chi connectivity index (χ3v) is 3.38. The fourth-order valence-electron chi connectivity index (χ4n) is 2.33. The van der Waals surface area contributed by atoms with Crippen LogP contribution in [0.25, 0.3) is 11.1 Å². The SMILES string of the molecule is Cc1cc(C)nc(N/N=C\c2ccc(-c3ccccc3)cc2)n1. The second-order valence-electron chi connectivity index (χ2n) is 5.33. The number of aryl methyl sites for hydroxylation is 2. The molecule has 0 unspecified atom stereocenters. The van der Waals surface area contributed by atoms with Gasteiger partial charge in [-0.1, -0.05) is 54.6 Å². The van der Waals surface area contributed by atoms with E-state index in [1.54, 1.807) is 6.21 Å². The average Bonchev–Trinajstić information content (AvgIpc) is 2.55. The lowest BCUT2D eigenvalue weighted by Crippen LogP contribution is -1.99. The Balaban J connectivity index is 1.68. The highest BCUT2D eigenvalue weighted by Gasteiger charge is 1.98. The lowest BCUT2D eigenvalue weighted by molar-refractivity contribution is 1.04. The third kappa shape index (κ3) is 4.01. The lowest BCUT2D eigenvalue weighted by atomic mass is 10.0. The second-order valence-corrected chi connectivity index (χ2v) is 5.33. The van der Waals surface area contributed by atoms with Crippen molar-refractivity contribution >= 4 is 12.2 Å². The molecule has 0 spiro atoms. The number of hydrogen-bond donors (Lipinski definition) is 1. The highest BCUT2D eigenvalue weighted by atomic mass is 15.3. The predicted molar refractivity (Wildman–Crippen MR) is 94.6 cm³/mol. The van der Waals surface area contributed by atoms with Crippen LogP contribution in [0.4, 0.5) is 5.95 Å². The van der Waals surface area contributed by atoms with Gasteiger partial charge in [0.05, 0.1) is 6.21 Å². The van der Waals surface area contributed by atoms with E-state index in [4.69, 9.17) is 0 Å². The Morgan fingerprint density at radius 3 is 2.09 bits per heavy atom. The minimum Gasteiger partial charge on any atom is -0.245 e. The van der Waals surface area contributed by atoms with Gasteiger partial charge in [0.1, 0.15) is 0 Å². The van der Waals surface area contributed by atoms with Crippen LogP contribution in [-0.4, -0.2) is 16.2 Å². The zero-order valence-electron chi connectivity index (χ0n) is 13.2. The highest BCUT2D eigenvalue weighted by molar-refractivity contribution is 5.81. The lowest BCUT2D eigenvalue weighted by Gasteiger charge is -2.03. The van der Waals surface area contributed by atoms with E-state index in [0.717, 1.165) is 17.0 Å². The molecule has 114 valence electrons. The van der Waals surface area contributed by atoms with Crippen LogP contribution < -0.4 is 5.43 Å². The van der Waals surface area contributed by atoms with Gasteiger partial charge in [0.2, 0.25) is 5.95 Å². The Morgan fingerprint density at radius 1 is 0.826 bits per heavy atom. The molecule has 0 atom stereocenters. The van der Waals surface area contributed by atoms with E-state index >= 15 is 0 Å². The summed E-state index contributed by atoms with van der Waals surface area (Å²) in [6, 6.07) is 20.5. The van der Waals surface area contributed by atoms with E-state index in [2.05, 4.69) is 44.8 Å². The molecule has 3 rings (SSSR count). The highest BCUT2D eigenvalue weighted by Crippen LogP contribution is 2.18. The van der Waals surface area contributed by atoms with Crippen LogP contribution in [-0.2, 0) is 0 Å². The molecule has 0 aliphatic heterocycles. The molecule has 0 amide bonds. The quantitative estimate of drug-likeness (QED) is 0.580. The van der Waals surface area contributed by atoms with Crippen molar-refractivity contribution in [3.63, 3.8) is 0 Å². The number of anilines is 1. The summed E-state index contributed by atoms with van der Waals surface area (Å²) in [6.45, 7) is 3.87. The molecule has 0 fully saturated rings. The molecular weight excluding hydrogens is 284 g/mol. The van der Waals surface area contributed by atoms with E-state index in [0.29, 0.717) is 5.95 Å². The zero-order valence-corrected chi connectivity index (χ0v) is 13.2. The van der Waals surface area contributed by atoms with Crippen molar-refractivity contribution in [3.8, 4) is 11.1 Å². The minimum absolute atomic E-state index is 0.514. The molecule has 1 N–H and O–H groups in total. The van der Waals surface area contributed by atoms with Gasteiger partial charge in [0.15, 0.2) is 0 Å². The van der Waals surface area contributed by atoms with Crippen molar-refractivity contribution in [3.05, 3.63) is 77.6 Å². The van der Waals surface area contributed by atoms with Gasteiger partial charge in [-0.3, -0.25) is 0 Å². The Hall–Kier alpha value is -3.01. The first-order valence-electron chi connectivity index (χ1n) is 7.47. The maximum Gasteiger partial charge on any atom is 0.243 e. The predicted octanol–water partition coefficient (Wildman–Crippen LogP) is 4.21. The summed E-state index contributed by atoms with van der Waals surface area (Å²) in [6.07, 6.45) is 1.76. The second kappa shape index (κ2) is 6.83. The van der Waals surface area contributed by atoms with Gasteiger partial charge in [-0.05, 0) is 36.6 Å². The first-order valence-corrected chi connectivity index (χ1v) is 7.47. The topological polar surface area (TPSA) is 50.2 Å². The van der Waals surface area contributed by atoms with Gasteiger partial charge in [-0.2, -0.15) is 5.10 Å². The maximum atomic E-state index is 4.28. The van der Waals surface area contributed by atoms with Gasteiger partial charge < -0.3 is 0 Å². The number of nitrogens with one attached hydrogen (secondary N) is 1. The Labute approximate surface area is 135 Å². The molecule has 2 aromatic carbocycles. The summed E-state index contributed by atoms with van der Waals surface area (Å²) in [5.41, 5.74) is 8.12. The Bertz CT molecular complexity index is 788. The van der Waals surface area contributed by atoms with E-state index in [-0.39, 0.29) is 0 Å². The van der Waals surface area contributed by atoms with Crippen molar-refractivity contribution < 1.29 is 0 Å². The normalized spacial score (nSPS) is 10.9. The summed E-state index contributed by atoms with van der Waals surface area (Å²) in [5.74, 6) is 0.514. The van der Waals surface area contributed by atoms with Crippen LogP contribution in [0.5, 0.6) is 0 Å². The fraction of sp³-hybridized carbons (Fsp3) is 0.105. The molecule has 23 heavy (non-hydrogen) atoms. The first kappa shape index (κ1) is 14.9. The van der Waals surface area contributed by atoms with Crippen LogP contribution in [0.15, 0.2) is 65.8 Å². The fourth-order valence-corrected chi connectivity index (χ4v) is 2.33. The molecule has 3 aromatic rings. The summed E-state index contributed by atoms with van der Waals surface area (Å²) in [7, 11) is 0. The van der Waals surface area contributed by atoms with Crippen LogP contribution in [0.1, 0.15) is 17.0 Å². The van der Waals surface area contributed by atoms with Gasteiger partial charge >= 0.3 is 0 Å². The summed E-state index contributed by atoms with van der Waals surface area (Å²) in [5, 5.41) is 4.20. The summed E-state index contributed by atoms with van der Waals surface area (Å²) in [4.78, 5) is 8.57. The number of benzene rings is 2. The van der Waals surface area contributed by atoms with Crippen molar-refractivity contribution in [2.24, 2.45) is 5.10 Å². The van der Waals surface area contributed by atoms with Gasteiger partial charge in [0, 0.05) is 11.4 Å². The third-order valence-electron chi connectivity index (χ3n) is 3.38. The van der Waals surface area contributed by atoms with Gasteiger partial charge in [-0.15, -0.1) is 0 Å². The van der Waals surface area contributed by atoms with Crippen LogP contribution in [0.3, 0.4) is 0 Å². The van der Waals surface area contributed by atoms with E-state index in [9.17, 15) is 0 Å². The van der Waals surface area contributed by atoms with Gasteiger partial charge in [0.25, 0.3) is 0 Å². The minimum atomic E-state index is 0.514. The first-order chi connectivity index (χ1) is 11.2. The molecule has 4 heteroatoms. The molecular formula is C19H18N4. The van der Waals surface area contributed by atoms with Gasteiger partial charge in [-0.25, -0.2) is 15.4 Å². The smallest absolute Gasteiger partial charge is 0.243 e. The van der Waals surface area contributed by atoms with Crippen LogP contribution in [0, 0.1) is 13.8 Å². The van der Waals surface area contributed by atoms with Crippen molar-refractivity contribution in [1.82, 2.24) is 9.97 Å². The van der Waals surface area contributed by atoms with Crippen LogP contribution >= 0.6 is 0 Å². The maximum absolute atomic E-state index is 4.28. The van der Waals surface area contributed by atoms with Crippen molar-refractivity contribution in [2.75, 3.05) is 5.43 Å². The Kier molecular flexibility index (Phi) is 4.43. The molecule has 0 radical (unpaired) electrons. The molecule has 0 saturated heterocycles. The monoisotopic (exact) mass is 302 g/mol. The molecule has 4 nitrogen and oxygen atoms in total. The Morgan fingerprint density at radius 2 is 1.43 bits per heavy atom. The number of hydrogen-bond acceptors (Lipinski definition) is 4. The average molecular weight is 302 g/mol. The summed E-state index contributed by atoms with van der Waals surface area (Å²) >= 11 is 0. The molecule has 0 aliphatic rings. The number of nitrogens with zero attached hydrogens (tertiary/aromatic N) is 3. The summed E-state index contributed by atoms with van der Waals surface area (Å²) < 4.78 is 0. The molecule has 0 aliphatic carbocycles. The largest absolute Gasteiger partial charge is 0.245 e.